The molecule has 10 heteroatoms. The molecule has 0 aliphatic carbocycles. The van der Waals surface area contributed by atoms with Crippen molar-refractivity contribution in [1.82, 2.24) is 20.0 Å². The van der Waals surface area contributed by atoms with Gasteiger partial charge in [-0.1, -0.05) is 0 Å². The number of hydrogen-bond acceptors (Lipinski definition) is 4. The highest BCUT2D eigenvalue weighted by molar-refractivity contribution is 5.97. The van der Waals surface area contributed by atoms with E-state index in [9.17, 15) is 22.8 Å². The lowest BCUT2D eigenvalue weighted by Gasteiger charge is -2.38. The van der Waals surface area contributed by atoms with Gasteiger partial charge in [0, 0.05) is 37.5 Å². The van der Waals surface area contributed by atoms with Gasteiger partial charge >= 0.3 is 0 Å². The number of rotatable bonds is 3. The van der Waals surface area contributed by atoms with E-state index in [0.29, 0.717) is 25.2 Å². The fourth-order valence-electron chi connectivity index (χ4n) is 4.76. The Morgan fingerprint density at radius 1 is 1.26 bits per heavy atom. The molecule has 2 aromatic rings. The first-order valence-corrected chi connectivity index (χ1v) is 10.2. The number of fused-ring (bicyclic) bond motifs is 1. The van der Waals surface area contributed by atoms with Crippen LogP contribution in [0.4, 0.5) is 18.9 Å². The van der Waals surface area contributed by atoms with E-state index in [4.69, 9.17) is 0 Å². The lowest BCUT2D eigenvalue weighted by atomic mass is 9.81. The first kappa shape index (κ1) is 20.0. The molecule has 1 spiro atoms. The molecule has 0 saturated carbocycles. The summed E-state index contributed by atoms with van der Waals surface area (Å²) in [5, 5.41) is 7.64. The molecule has 31 heavy (non-hydrogen) atoms. The van der Waals surface area contributed by atoms with Crippen LogP contribution in [0.15, 0.2) is 18.3 Å². The maximum atomic E-state index is 13.5. The number of amides is 2. The molecule has 1 aromatic heterocycles. The van der Waals surface area contributed by atoms with Gasteiger partial charge in [0.05, 0.1) is 37.1 Å². The van der Waals surface area contributed by atoms with Crippen molar-refractivity contribution in [3.8, 4) is 0 Å². The highest BCUT2D eigenvalue weighted by Gasteiger charge is 2.48. The predicted octanol–water partition coefficient (Wildman–Crippen LogP) is 1.60. The molecule has 2 fully saturated rings. The van der Waals surface area contributed by atoms with Gasteiger partial charge in [0.1, 0.15) is 0 Å². The first-order valence-electron chi connectivity index (χ1n) is 10.2. The molecule has 1 atom stereocenters. The molecule has 164 valence electrons. The van der Waals surface area contributed by atoms with Crippen LogP contribution in [0.5, 0.6) is 0 Å². The van der Waals surface area contributed by atoms with Crippen LogP contribution in [-0.2, 0) is 29.1 Å². The van der Waals surface area contributed by atoms with Crippen molar-refractivity contribution in [1.29, 1.82) is 0 Å². The minimum atomic E-state index is -1.55. The van der Waals surface area contributed by atoms with Gasteiger partial charge in [0.2, 0.25) is 11.8 Å². The number of anilines is 1. The summed E-state index contributed by atoms with van der Waals surface area (Å²) in [6.45, 7) is 4.79. The molecule has 1 N–H and O–H groups in total. The molecule has 0 bridgehead atoms. The molecule has 5 rings (SSSR count). The van der Waals surface area contributed by atoms with Crippen molar-refractivity contribution in [3.05, 3.63) is 47.0 Å². The SMILES string of the molecule is C[C@H]1Cn2ncc(N3CC4(CNC4)CC3=O)c2CN1C(=O)Cc1cc(F)c(F)c(F)c1. The molecule has 7 nitrogen and oxygen atoms in total. The highest BCUT2D eigenvalue weighted by atomic mass is 19.2. The van der Waals surface area contributed by atoms with E-state index in [2.05, 4.69) is 10.4 Å². The highest BCUT2D eigenvalue weighted by Crippen LogP contribution is 2.39. The number of hydrogen-bond donors (Lipinski definition) is 1. The zero-order valence-electron chi connectivity index (χ0n) is 17.0. The van der Waals surface area contributed by atoms with Gasteiger partial charge in [-0.05, 0) is 24.6 Å². The first-order chi connectivity index (χ1) is 14.8. The van der Waals surface area contributed by atoms with Crippen molar-refractivity contribution in [2.45, 2.75) is 38.9 Å². The van der Waals surface area contributed by atoms with E-state index >= 15 is 0 Å². The van der Waals surface area contributed by atoms with Crippen LogP contribution in [-0.4, -0.2) is 52.2 Å². The Morgan fingerprint density at radius 2 is 1.97 bits per heavy atom. The number of nitrogens with one attached hydrogen (secondary N) is 1. The van der Waals surface area contributed by atoms with Gasteiger partial charge < -0.3 is 15.1 Å². The van der Waals surface area contributed by atoms with Crippen molar-refractivity contribution < 1.29 is 22.8 Å². The van der Waals surface area contributed by atoms with Gasteiger partial charge in [-0.15, -0.1) is 0 Å². The summed E-state index contributed by atoms with van der Waals surface area (Å²) < 4.78 is 42.1. The summed E-state index contributed by atoms with van der Waals surface area (Å²) in [7, 11) is 0. The van der Waals surface area contributed by atoms with E-state index in [1.54, 1.807) is 20.7 Å². The zero-order valence-corrected chi connectivity index (χ0v) is 17.0. The Bertz CT molecular complexity index is 1060. The number of aromatic nitrogens is 2. The molecule has 3 aliphatic heterocycles. The van der Waals surface area contributed by atoms with Crippen LogP contribution in [0.1, 0.15) is 24.6 Å². The summed E-state index contributed by atoms with van der Waals surface area (Å²) in [4.78, 5) is 29.0. The average Bonchev–Trinajstić information content (AvgIpc) is 3.25. The molecule has 0 unspecified atom stereocenters. The Labute approximate surface area is 176 Å². The van der Waals surface area contributed by atoms with Crippen LogP contribution < -0.4 is 10.2 Å². The molecule has 1 aromatic carbocycles. The topological polar surface area (TPSA) is 70.5 Å². The van der Waals surface area contributed by atoms with Gasteiger partial charge in [0.25, 0.3) is 0 Å². The monoisotopic (exact) mass is 433 g/mol. The molecule has 2 amide bonds. The van der Waals surface area contributed by atoms with Crippen molar-refractivity contribution in [3.63, 3.8) is 0 Å². The van der Waals surface area contributed by atoms with E-state index in [0.717, 1.165) is 30.9 Å². The number of halogens is 3. The van der Waals surface area contributed by atoms with Crippen LogP contribution in [0.25, 0.3) is 0 Å². The zero-order chi connectivity index (χ0) is 21.9. The fraction of sp³-hybridized carbons (Fsp3) is 0.476. The van der Waals surface area contributed by atoms with Crippen LogP contribution in [0.2, 0.25) is 0 Å². The fourth-order valence-corrected chi connectivity index (χ4v) is 4.76. The lowest BCUT2D eigenvalue weighted by molar-refractivity contribution is -0.134. The second-order valence-corrected chi connectivity index (χ2v) is 8.84. The minimum absolute atomic E-state index is 0.0277. The Balaban J connectivity index is 1.37. The second kappa shape index (κ2) is 7.08. The third-order valence-corrected chi connectivity index (χ3v) is 6.55. The largest absolute Gasteiger partial charge is 0.332 e. The quantitative estimate of drug-likeness (QED) is 0.747. The molecule has 0 radical (unpaired) electrons. The van der Waals surface area contributed by atoms with Crippen molar-refractivity contribution in [2.24, 2.45) is 5.41 Å². The molecule has 4 heterocycles. The minimum Gasteiger partial charge on any atom is -0.332 e. The van der Waals surface area contributed by atoms with Gasteiger partial charge in [0.15, 0.2) is 17.5 Å². The third-order valence-electron chi connectivity index (χ3n) is 6.55. The van der Waals surface area contributed by atoms with Gasteiger partial charge in [-0.3, -0.25) is 14.3 Å². The number of carbonyl (C=O) groups excluding carboxylic acids is 2. The van der Waals surface area contributed by atoms with E-state index in [-0.39, 0.29) is 41.8 Å². The van der Waals surface area contributed by atoms with Crippen LogP contribution >= 0.6 is 0 Å². The van der Waals surface area contributed by atoms with Crippen LogP contribution in [0.3, 0.4) is 0 Å². The lowest BCUT2D eigenvalue weighted by Crippen LogP contribution is -2.54. The Hall–Kier alpha value is -2.88. The smallest absolute Gasteiger partial charge is 0.227 e. The molecule has 3 aliphatic rings. The summed E-state index contributed by atoms with van der Waals surface area (Å²) >= 11 is 0. The van der Waals surface area contributed by atoms with E-state index in [1.807, 2.05) is 6.92 Å². The molecule has 2 saturated heterocycles. The van der Waals surface area contributed by atoms with Gasteiger partial charge in [-0.25, -0.2) is 13.2 Å². The van der Waals surface area contributed by atoms with E-state index in [1.165, 1.54) is 0 Å². The van der Waals surface area contributed by atoms with Crippen molar-refractivity contribution >= 4 is 17.5 Å². The van der Waals surface area contributed by atoms with Gasteiger partial charge in [-0.2, -0.15) is 5.10 Å². The molecular weight excluding hydrogens is 411 g/mol. The Morgan fingerprint density at radius 3 is 2.58 bits per heavy atom. The third kappa shape index (κ3) is 3.29. The maximum Gasteiger partial charge on any atom is 0.227 e. The number of benzene rings is 1. The number of carbonyl (C=O) groups is 2. The van der Waals surface area contributed by atoms with Crippen LogP contribution in [0, 0.1) is 22.9 Å². The standard InChI is InChI=1S/C21H22F3N5O2/c1-12-7-29-17(16(6-26-29)28-11-21(5-19(28)31)9-25-10-21)8-27(12)18(30)4-13-2-14(22)20(24)15(23)3-13/h2-3,6,12,25H,4-5,7-11H2,1H3/t12-/m0/s1. The van der Waals surface area contributed by atoms with Crippen molar-refractivity contribution in [2.75, 3.05) is 24.5 Å². The molecular formula is C21H22F3N5O2. The second-order valence-electron chi connectivity index (χ2n) is 8.84. The maximum absolute atomic E-state index is 13.5. The summed E-state index contributed by atoms with van der Waals surface area (Å²) in [5.74, 6) is -4.47. The summed E-state index contributed by atoms with van der Waals surface area (Å²) in [6, 6.07) is 1.49. The normalized spacial score (nSPS) is 22.1. The summed E-state index contributed by atoms with van der Waals surface area (Å²) in [5.41, 5.74) is 1.51. The summed E-state index contributed by atoms with van der Waals surface area (Å²) in [6.07, 6.45) is 1.91. The average molecular weight is 433 g/mol. The van der Waals surface area contributed by atoms with E-state index < -0.39 is 17.5 Å². The predicted molar refractivity (Wildman–Crippen MR) is 105 cm³/mol. The number of nitrogens with zero attached hydrogens (tertiary/aromatic N) is 4. The Kier molecular flexibility index (Phi) is 4.58.